The first-order valence-electron chi connectivity index (χ1n) is 8.88. The van der Waals surface area contributed by atoms with Gasteiger partial charge < -0.3 is 9.47 Å². The standard InChI is InChI=1S/C19H20BrN3O3S/c1-2-26-18(24)16-12-27-19(21-16)23-11-15(20)14-9-13(3-4-17(14)23)10-22-5-7-25-8-6-22/h3-4,9,11-12H,2,5-8,10H2,1H3. The average molecular weight is 450 g/mol. The van der Waals surface area contributed by atoms with Crippen LogP contribution in [0.15, 0.2) is 34.2 Å². The van der Waals surface area contributed by atoms with E-state index in [0.29, 0.717) is 12.3 Å². The highest BCUT2D eigenvalue weighted by Gasteiger charge is 2.16. The van der Waals surface area contributed by atoms with Gasteiger partial charge in [-0.2, -0.15) is 0 Å². The molecule has 3 aromatic rings. The van der Waals surface area contributed by atoms with E-state index in [0.717, 1.165) is 53.4 Å². The molecule has 1 aliphatic heterocycles. The second kappa shape index (κ2) is 8.10. The van der Waals surface area contributed by atoms with Crippen LogP contribution >= 0.6 is 27.3 Å². The van der Waals surface area contributed by atoms with E-state index in [4.69, 9.17) is 9.47 Å². The number of benzene rings is 1. The van der Waals surface area contributed by atoms with Crippen LogP contribution in [0.3, 0.4) is 0 Å². The zero-order valence-electron chi connectivity index (χ0n) is 15.0. The van der Waals surface area contributed by atoms with Gasteiger partial charge in [-0.3, -0.25) is 9.47 Å². The summed E-state index contributed by atoms with van der Waals surface area (Å²) in [5.74, 6) is -0.386. The summed E-state index contributed by atoms with van der Waals surface area (Å²) in [6.45, 7) is 6.59. The van der Waals surface area contributed by atoms with Crippen LogP contribution in [0.25, 0.3) is 16.0 Å². The first-order chi connectivity index (χ1) is 13.2. The van der Waals surface area contributed by atoms with Crippen LogP contribution in [0, 0.1) is 0 Å². The highest BCUT2D eigenvalue weighted by Crippen LogP contribution is 2.31. The van der Waals surface area contributed by atoms with E-state index in [2.05, 4.69) is 44.0 Å². The summed E-state index contributed by atoms with van der Waals surface area (Å²) in [6.07, 6.45) is 2.00. The molecule has 0 radical (unpaired) electrons. The van der Waals surface area contributed by atoms with Crippen LogP contribution < -0.4 is 0 Å². The third-order valence-corrected chi connectivity index (χ3v) is 5.98. The molecule has 0 unspecified atom stereocenters. The van der Waals surface area contributed by atoms with Crippen molar-refractivity contribution in [1.82, 2.24) is 14.5 Å². The molecule has 0 N–H and O–H groups in total. The predicted molar refractivity (Wildman–Crippen MR) is 109 cm³/mol. The van der Waals surface area contributed by atoms with Gasteiger partial charge in [-0.05, 0) is 40.5 Å². The van der Waals surface area contributed by atoms with Crippen LogP contribution in [0.1, 0.15) is 23.0 Å². The lowest BCUT2D eigenvalue weighted by atomic mass is 10.1. The van der Waals surface area contributed by atoms with Crippen LogP contribution in [0.2, 0.25) is 0 Å². The molecular weight excluding hydrogens is 430 g/mol. The molecule has 3 heterocycles. The summed E-state index contributed by atoms with van der Waals surface area (Å²) in [5, 5.41) is 3.61. The lowest BCUT2D eigenvalue weighted by Gasteiger charge is -2.26. The van der Waals surface area contributed by atoms with E-state index in [1.807, 2.05) is 10.8 Å². The number of fused-ring (bicyclic) bond motifs is 1. The number of esters is 1. The Labute approximate surface area is 169 Å². The van der Waals surface area contributed by atoms with Crippen molar-refractivity contribution in [2.75, 3.05) is 32.9 Å². The minimum absolute atomic E-state index is 0.343. The van der Waals surface area contributed by atoms with E-state index in [1.165, 1.54) is 16.9 Å². The number of morpholine rings is 1. The molecule has 27 heavy (non-hydrogen) atoms. The number of hydrogen-bond acceptors (Lipinski definition) is 6. The Morgan fingerprint density at radius 2 is 2.19 bits per heavy atom. The third kappa shape index (κ3) is 3.94. The van der Waals surface area contributed by atoms with Crippen molar-refractivity contribution < 1.29 is 14.3 Å². The van der Waals surface area contributed by atoms with E-state index >= 15 is 0 Å². The van der Waals surface area contributed by atoms with Crippen LogP contribution in [-0.4, -0.2) is 53.3 Å². The maximum Gasteiger partial charge on any atom is 0.357 e. The Morgan fingerprint density at radius 3 is 2.96 bits per heavy atom. The second-order valence-electron chi connectivity index (χ2n) is 6.32. The highest BCUT2D eigenvalue weighted by molar-refractivity contribution is 9.10. The summed E-state index contributed by atoms with van der Waals surface area (Å²) >= 11 is 5.09. The van der Waals surface area contributed by atoms with Gasteiger partial charge in [-0.1, -0.05) is 6.07 Å². The van der Waals surface area contributed by atoms with Crippen molar-refractivity contribution in [3.63, 3.8) is 0 Å². The Hall–Kier alpha value is -1.74. The molecule has 8 heteroatoms. The van der Waals surface area contributed by atoms with Gasteiger partial charge in [0.05, 0.1) is 25.3 Å². The summed E-state index contributed by atoms with van der Waals surface area (Å²) < 4.78 is 13.5. The number of carbonyl (C=O) groups is 1. The highest BCUT2D eigenvalue weighted by atomic mass is 79.9. The van der Waals surface area contributed by atoms with Crippen LogP contribution in [0.4, 0.5) is 0 Å². The maximum atomic E-state index is 11.9. The number of halogens is 1. The van der Waals surface area contributed by atoms with Crippen LogP contribution in [-0.2, 0) is 16.0 Å². The summed E-state index contributed by atoms with van der Waals surface area (Å²) in [5.41, 5.74) is 2.67. The molecular formula is C19H20BrN3O3S. The first kappa shape index (κ1) is 18.6. The molecule has 6 nitrogen and oxygen atoms in total. The van der Waals surface area contributed by atoms with Crippen molar-refractivity contribution in [3.8, 4) is 5.13 Å². The average Bonchev–Trinajstić information content (AvgIpc) is 3.28. The molecule has 0 aliphatic carbocycles. The fourth-order valence-electron chi connectivity index (χ4n) is 3.18. The van der Waals surface area contributed by atoms with Crippen LogP contribution in [0.5, 0.6) is 0 Å². The smallest absolute Gasteiger partial charge is 0.357 e. The van der Waals surface area contributed by atoms with Gasteiger partial charge >= 0.3 is 5.97 Å². The van der Waals surface area contributed by atoms with Gasteiger partial charge in [0.15, 0.2) is 10.8 Å². The topological polar surface area (TPSA) is 56.6 Å². The summed E-state index contributed by atoms with van der Waals surface area (Å²) in [7, 11) is 0. The minimum Gasteiger partial charge on any atom is -0.461 e. The molecule has 0 bridgehead atoms. The number of ether oxygens (including phenoxy) is 2. The number of thiazole rings is 1. The number of carbonyl (C=O) groups excluding carboxylic acids is 1. The maximum absolute atomic E-state index is 11.9. The Balaban J connectivity index is 1.62. The number of aromatic nitrogens is 2. The first-order valence-corrected chi connectivity index (χ1v) is 10.6. The normalized spacial score (nSPS) is 15.3. The van der Waals surface area contributed by atoms with Gasteiger partial charge in [-0.15, -0.1) is 11.3 Å². The summed E-state index contributed by atoms with van der Waals surface area (Å²) in [6, 6.07) is 6.48. The molecule has 0 spiro atoms. The lowest BCUT2D eigenvalue weighted by molar-refractivity contribution is 0.0342. The molecule has 0 atom stereocenters. The number of rotatable bonds is 5. The van der Waals surface area contributed by atoms with Crippen molar-refractivity contribution >= 4 is 44.1 Å². The Morgan fingerprint density at radius 1 is 1.37 bits per heavy atom. The SMILES string of the molecule is CCOC(=O)c1csc(-n2cc(Br)c3cc(CN4CCOCC4)ccc32)n1. The molecule has 0 saturated carbocycles. The lowest BCUT2D eigenvalue weighted by Crippen LogP contribution is -2.35. The van der Waals surface area contributed by atoms with Gasteiger partial charge in [0.2, 0.25) is 0 Å². The number of nitrogens with zero attached hydrogens (tertiary/aromatic N) is 3. The number of hydrogen-bond donors (Lipinski definition) is 0. The molecule has 1 fully saturated rings. The Kier molecular flexibility index (Phi) is 5.58. The summed E-state index contributed by atoms with van der Waals surface area (Å²) in [4.78, 5) is 18.7. The molecule has 1 aliphatic rings. The van der Waals surface area contributed by atoms with Gasteiger partial charge in [0.1, 0.15) is 0 Å². The fourth-order valence-corrected chi connectivity index (χ4v) is 4.49. The molecule has 1 aromatic carbocycles. The largest absolute Gasteiger partial charge is 0.461 e. The van der Waals surface area contributed by atoms with Crippen molar-refractivity contribution in [3.05, 3.63) is 45.5 Å². The zero-order chi connectivity index (χ0) is 18.8. The third-order valence-electron chi connectivity index (χ3n) is 4.51. The molecule has 4 rings (SSSR count). The van der Waals surface area contributed by atoms with Gasteiger partial charge in [0.25, 0.3) is 0 Å². The quantitative estimate of drug-likeness (QED) is 0.553. The monoisotopic (exact) mass is 449 g/mol. The predicted octanol–water partition coefficient (Wildman–Crippen LogP) is 3.86. The van der Waals surface area contributed by atoms with Gasteiger partial charge in [-0.25, -0.2) is 9.78 Å². The van der Waals surface area contributed by atoms with Crippen molar-refractivity contribution in [2.24, 2.45) is 0 Å². The van der Waals surface area contributed by atoms with E-state index < -0.39 is 0 Å². The molecule has 2 aromatic heterocycles. The van der Waals surface area contributed by atoms with E-state index in [-0.39, 0.29) is 5.97 Å². The van der Waals surface area contributed by atoms with E-state index in [1.54, 1.807) is 12.3 Å². The second-order valence-corrected chi connectivity index (χ2v) is 8.01. The fraction of sp³-hybridized carbons (Fsp3) is 0.368. The van der Waals surface area contributed by atoms with Crippen molar-refractivity contribution in [1.29, 1.82) is 0 Å². The molecule has 0 amide bonds. The molecule has 142 valence electrons. The Bertz CT molecular complexity index is 962. The van der Waals surface area contributed by atoms with Gasteiger partial charge in [0, 0.05) is 41.1 Å². The zero-order valence-corrected chi connectivity index (χ0v) is 17.4. The van der Waals surface area contributed by atoms with E-state index in [9.17, 15) is 4.79 Å². The molecule has 1 saturated heterocycles. The minimum atomic E-state index is -0.386. The van der Waals surface area contributed by atoms with Crippen molar-refractivity contribution in [2.45, 2.75) is 13.5 Å².